The lowest BCUT2D eigenvalue weighted by Gasteiger charge is -2.08. The van der Waals surface area contributed by atoms with E-state index in [0.29, 0.717) is 11.9 Å². The van der Waals surface area contributed by atoms with Crippen molar-refractivity contribution in [2.45, 2.75) is 12.5 Å². The summed E-state index contributed by atoms with van der Waals surface area (Å²) in [5.41, 5.74) is 6.97. The van der Waals surface area contributed by atoms with E-state index in [1.54, 1.807) is 24.3 Å². The summed E-state index contributed by atoms with van der Waals surface area (Å²) in [5, 5.41) is 26.4. The highest BCUT2D eigenvalue weighted by Gasteiger charge is 2.10. The van der Waals surface area contributed by atoms with Gasteiger partial charge in [-0.1, -0.05) is 24.3 Å². The van der Waals surface area contributed by atoms with Gasteiger partial charge in [0.25, 0.3) is 0 Å². The summed E-state index contributed by atoms with van der Waals surface area (Å²) in [7, 11) is -1.43. The molecule has 5 heteroatoms. The molecule has 0 aliphatic carbocycles. The second-order valence-electron chi connectivity index (χ2n) is 3.26. The first kappa shape index (κ1) is 11.2. The highest BCUT2D eigenvalue weighted by molar-refractivity contribution is 6.58. The fourth-order valence-corrected chi connectivity index (χ4v) is 1.19. The molecule has 0 saturated carbocycles. The van der Waals surface area contributed by atoms with Crippen LogP contribution in [-0.2, 0) is 6.42 Å². The van der Waals surface area contributed by atoms with Crippen molar-refractivity contribution in [3.63, 3.8) is 0 Å². The summed E-state index contributed by atoms with van der Waals surface area (Å²) in [5.74, 6) is 0. The third-order valence-corrected chi connectivity index (χ3v) is 2.01. The maximum atomic E-state index is 8.83. The summed E-state index contributed by atoms with van der Waals surface area (Å²) in [6.45, 7) is -0.0512. The molecule has 76 valence electrons. The van der Waals surface area contributed by atoms with E-state index in [4.69, 9.17) is 20.9 Å². The lowest BCUT2D eigenvalue weighted by molar-refractivity contribution is 0.265. The quantitative estimate of drug-likeness (QED) is 0.428. The van der Waals surface area contributed by atoms with Gasteiger partial charge < -0.3 is 20.9 Å². The van der Waals surface area contributed by atoms with Gasteiger partial charge in [0.1, 0.15) is 0 Å². The van der Waals surface area contributed by atoms with Crippen LogP contribution in [0.3, 0.4) is 0 Å². The minimum absolute atomic E-state index is 0.0512. The molecule has 0 radical (unpaired) electrons. The van der Waals surface area contributed by atoms with Crippen LogP contribution < -0.4 is 11.2 Å². The van der Waals surface area contributed by atoms with Crippen molar-refractivity contribution in [3.8, 4) is 0 Å². The molecular weight excluding hydrogens is 181 g/mol. The second kappa shape index (κ2) is 5.12. The zero-order chi connectivity index (χ0) is 10.6. The molecule has 0 aromatic heterocycles. The van der Waals surface area contributed by atoms with Crippen molar-refractivity contribution >= 4 is 12.6 Å². The van der Waals surface area contributed by atoms with Crippen LogP contribution in [0.5, 0.6) is 0 Å². The molecule has 0 saturated heterocycles. The molecule has 0 spiro atoms. The molecule has 0 heterocycles. The van der Waals surface area contributed by atoms with Gasteiger partial charge in [0.2, 0.25) is 0 Å². The minimum Gasteiger partial charge on any atom is -0.423 e. The first-order valence-corrected chi connectivity index (χ1v) is 4.45. The number of aliphatic hydroxyl groups excluding tert-OH is 1. The second-order valence-corrected chi connectivity index (χ2v) is 3.26. The predicted octanol–water partition coefficient (Wildman–Crippen LogP) is -1.77. The molecule has 5 N–H and O–H groups in total. The monoisotopic (exact) mass is 195 g/mol. The maximum Gasteiger partial charge on any atom is 0.488 e. The van der Waals surface area contributed by atoms with Gasteiger partial charge >= 0.3 is 7.12 Å². The Morgan fingerprint density at radius 2 is 1.79 bits per heavy atom. The van der Waals surface area contributed by atoms with E-state index in [9.17, 15) is 0 Å². The molecule has 0 bridgehead atoms. The Kier molecular flexibility index (Phi) is 4.09. The first-order valence-electron chi connectivity index (χ1n) is 4.45. The van der Waals surface area contributed by atoms with Crippen LogP contribution in [0.1, 0.15) is 5.56 Å². The van der Waals surface area contributed by atoms with E-state index in [1.807, 2.05) is 0 Å². The molecule has 0 fully saturated rings. The molecule has 0 amide bonds. The maximum absolute atomic E-state index is 8.83. The fourth-order valence-electron chi connectivity index (χ4n) is 1.19. The lowest BCUT2D eigenvalue weighted by atomic mass is 9.80. The summed E-state index contributed by atoms with van der Waals surface area (Å²) in [4.78, 5) is 0. The molecule has 1 atom stereocenters. The van der Waals surface area contributed by atoms with E-state index >= 15 is 0 Å². The van der Waals surface area contributed by atoms with Gasteiger partial charge in [-0.3, -0.25) is 0 Å². The highest BCUT2D eigenvalue weighted by atomic mass is 16.4. The average Bonchev–Trinajstić information content (AvgIpc) is 2.18. The van der Waals surface area contributed by atoms with Crippen LogP contribution in [0.25, 0.3) is 0 Å². The van der Waals surface area contributed by atoms with Gasteiger partial charge in [-0.25, -0.2) is 0 Å². The van der Waals surface area contributed by atoms with E-state index in [1.165, 1.54) is 0 Å². The third kappa shape index (κ3) is 3.12. The molecule has 0 aliphatic heterocycles. The molecule has 14 heavy (non-hydrogen) atoms. The Balaban J connectivity index is 2.64. The highest BCUT2D eigenvalue weighted by Crippen LogP contribution is 2.00. The van der Waals surface area contributed by atoms with Crippen LogP contribution in [0.2, 0.25) is 0 Å². The van der Waals surface area contributed by atoms with Crippen molar-refractivity contribution in [3.05, 3.63) is 29.8 Å². The molecule has 1 rings (SSSR count). The van der Waals surface area contributed by atoms with Crippen LogP contribution >= 0.6 is 0 Å². The third-order valence-electron chi connectivity index (χ3n) is 2.01. The topological polar surface area (TPSA) is 86.7 Å². The van der Waals surface area contributed by atoms with E-state index < -0.39 is 7.12 Å². The van der Waals surface area contributed by atoms with Crippen LogP contribution in [0.15, 0.2) is 24.3 Å². The van der Waals surface area contributed by atoms with Gasteiger partial charge in [-0.05, 0) is 17.4 Å². The first-order chi connectivity index (χ1) is 6.63. The molecule has 4 nitrogen and oxygen atoms in total. The molecular formula is C9H14BNO3. The zero-order valence-corrected chi connectivity index (χ0v) is 7.80. The Hall–Kier alpha value is -0.875. The lowest BCUT2D eigenvalue weighted by Crippen LogP contribution is -2.30. The summed E-state index contributed by atoms with van der Waals surface area (Å²) < 4.78 is 0. The van der Waals surface area contributed by atoms with Crippen LogP contribution in [-0.4, -0.2) is 34.9 Å². The van der Waals surface area contributed by atoms with Crippen LogP contribution in [0, 0.1) is 0 Å². The number of hydrogen-bond donors (Lipinski definition) is 4. The molecule has 0 unspecified atom stereocenters. The van der Waals surface area contributed by atoms with Gasteiger partial charge in [-0.2, -0.15) is 0 Å². The molecule has 1 aromatic carbocycles. The number of nitrogens with two attached hydrogens (primary N) is 1. The van der Waals surface area contributed by atoms with Gasteiger partial charge in [0.05, 0.1) is 6.61 Å². The normalized spacial score (nSPS) is 12.6. The van der Waals surface area contributed by atoms with Crippen molar-refractivity contribution in [1.29, 1.82) is 0 Å². The Morgan fingerprint density at radius 3 is 2.21 bits per heavy atom. The Bertz CT molecular complexity index is 276. The smallest absolute Gasteiger partial charge is 0.423 e. The van der Waals surface area contributed by atoms with E-state index in [-0.39, 0.29) is 12.6 Å². The average molecular weight is 195 g/mol. The van der Waals surface area contributed by atoms with Gasteiger partial charge in [-0.15, -0.1) is 0 Å². The Morgan fingerprint density at radius 1 is 1.21 bits per heavy atom. The van der Waals surface area contributed by atoms with Crippen molar-refractivity contribution in [1.82, 2.24) is 0 Å². The minimum atomic E-state index is -1.43. The fraction of sp³-hybridized carbons (Fsp3) is 0.333. The van der Waals surface area contributed by atoms with Gasteiger partial charge in [0, 0.05) is 6.04 Å². The largest absolute Gasteiger partial charge is 0.488 e. The van der Waals surface area contributed by atoms with E-state index in [0.717, 1.165) is 5.56 Å². The van der Waals surface area contributed by atoms with E-state index in [2.05, 4.69) is 0 Å². The van der Waals surface area contributed by atoms with Crippen molar-refractivity contribution in [2.75, 3.05) is 6.61 Å². The number of hydrogen-bond acceptors (Lipinski definition) is 4. The van der Waals surface area contributed by atoms with Crippen molar-refractivity contribution < 1.29 is 15.2 Å². The predicted molar refractivity (Wildman–Crippen MR) is 55.0 cm³/mol. The number of rotatable bonds is 4. The molecule has 1 aromatic rings. The Labute approximate surface area is 83.1 Å². The summed E-state index contributed by atoms with van der Waals surface area (Å²) in [6.07, 6.45) is 0.582. The standard InChI is InChI=1S/C9H14BNO3/c11-9(6-12)5-7-1-3-8(4-2-7)10(13)14/h1-4,9,12-14H,5-6,11H2/t9-/m0/s1. The van der Waals surface area contributed by atoms with Gasteiger partial charge in [0.15, 0.2) is 0 Å². The zero-order valence-electron chi connectivity index (χ0n) is 7.80. The van der Waals surface area contributed by atoms with Crippen LogP contribution in [0.4, 0.5) is 0 Å². The molecule has 0 aliphatic rings. The number of benzene rings is 1. The number of aliphatic hydroxyl groups is 1. The summed E-state index contributed by atoms with van der Waals surface area (Å²) in [6, 6.07) is 6.53. The van der Waals surface area contributed by atoms with Crippen molar-refractivity contribution in [2.24, 2.45) is 5.73 Å². The summed E-state index contributed by atoms with van der Waals surface area (Å²) >= 11 is 0. The SMILES string of the molecule is N[C@H](CO)Cc1ccc(B(O)O)cc1.